The lowest BCUT2D eigenvalue weighted by atomic mass is 10.2. The van der Waals surface area contributed by atoms with Crippen LogP contribution < -0.4 is 5.32 Å². The fourth-order valence-corrected chi connectivity index (χ4v) is 1.67. The number of amides is 1. The zero-order valence-electron chi connectivity index (χ0n) is 9.73. The molecule has 0 bridgehead atoms. The van der Waals surface area contributed by atoms with Crippen molar-refractivity contribution in [1.29, 1.82) is 0 Å². The summed E-state index contributed by atoms with van der Waals surface area (Å²) >= 11 is 0. The molecule has 0 aliphatic carbocycles. The lowest BCUT2D eigenvalue weighted by Crippen LogP contribution is -2.11. The molecule has 0 spiro atoms. The van der Waals surface area contributed by atoms with Gasteiger partial charge in [0.15, 0.2) is 0 Å². The minimum Gasteiger partial charge on any atom is -0.324 e. The van der Waals surface area contributed by atoms with Crippen molar-refractivity contribution in [2.75, 3.05) is 5.32 Å². The van der Waals surface area contributed by atoms with Gasteiger partial charge in [-0.2, -0.15) is 0 Å². The van der Waals surface area contributed by atoms with Crippen LogP contribution in [0.4, 0.5) is 5.69 Å². The standard InChI is InChI=1S/C14H14N2O/c1-10(2)9-13(17)16-12-7-3-5-11-6-4-8-15-14(11)12/h3-8H,1,9H2,2H3,(H,16,17). The Morgan fingerprint density at radius 1 is 1.35 bits per heavy atom. The molecule has 3 heteroatoms. The maximum atomic E-state index is 11.7. The van der Waals surface area contributed by atoms with Crippen LogP contribution in [0, 0.1) is 0 Å². The largest absolute Gasteiger partial charge is 0.324 e. The highest BCUT2D eigenvalue weighted by atomic mass is 16.1. The number of anilines is 1. The number of aromatic nitrogens is 1. The summed E-state index contributed by atoms with van der Waals surface area (Å²) in [6.45, 7) is 5.56. The maximum absolute atomic E-state index is 11.7. The molecule has 1 aromatic carbocycles. The molecule has 86 valence electrons. The van der Waals surface area contributed by atoms with Crippen LogP contribution >= 0.6 is 0 Å². The highest BCUT2D eigenvalue weighted by Crippen LogP contribution is 2.20. The van der Waals surface area contributed by atoms with Crippen molar-refractivity contribution < 1.29 is 4.79 Å². The Hall–Kier alpha value is -2.16. The van der Waals surface area contributed by atoms with Crippen LogP contribution in [0.3, 0.4) is 0 Å². The van der Waals surface area contributed by atoms with E-state index in [1.165, 1.54) is 0 Å². The fraction of sp³-hybridized carbons (Fsp3) is 0.143. The fourth-order valence-electron chi connectivity index (χ4n) is 1.67. The number of nitrogens with one attached hydrogen (secondary N) is 1. The lowest BCUT2D eigenvalue weighted by molar-refractivity contribution is -0.115. The number of carbonyl (C=O) groups excluding carboxylic acids is 1. The number of benzene rings is 1. The van der Waals surface area contributed by atoms with Gasteiger partial charge in [0.2, 0.25) is 5.91 Å². The van der Waals surface area contributed by atoms with Gasteiger partial charge in [0.1, 0.15) is 0 Å². The first-order valence-corrected chi connectivity index (χ1v) is 5.45. The number of hydrogen-bond acceptors (Lipinski definition) is 2. The van der Waals surface area contributed by atoms with Crippen molar-refractivity contribution in [2.24, 2.45) is 0 Å². The quantitative estimate of drug-likeness (QED) is 0.817. The van der Waals surface area contributed by atoms with Crippen molar-refractivity contribution in [3.8, 4) is 0 Å². The molecule has 0 aliphatic rings. The van der Waals surface area contributed by atoms with Crippen LogP contribution in [0.5, 0.6) is 0 Å². The van der Waals surface area contributed by atoms with Gasteiger partial charge < -0.3 is 5.32 Å². The Bertz CT molecular complexity index is 570. The zero-order chi connectivity index (χ0) is 12.3. The van der Waals surface area contributed by atoms with Crippen molar-refractivity contribution in [2.45, 2.75) is 13.3 Å². The summed E-state index contributed by atoms with van der Waals surface area (Å²) in [6, 6.07) is 9.57. The Labute approximate surface area is 100 Å². The third-order valence-electron chi connectivity index (χ3n) is 2.37. The molecule has 0 aliphatic heterocycles. The summed E-state index contributed by atoms with van der Waals surface area (Å²) in [5, 5.41) is 3.87. The summed E-state index contributed by atoms with van der Waals surface area (Å²) in [5.41, 5.74) is 2.40. The number of rotatable bonds is 3. The minimum atomic E-state index is -0.0596. The zero-order valence-corrected chi connectivity index (χ0v) is 9.73. The molecule has 1 N–H and O–H groups in total. The van der Waals surface area contributed by atoms with Crippen molar-refractivity contribution in [3.63, 3.8) is 0 Å². The molecule has 2 rings (SSSR count). The summed E-state index contributed by atoms with van der Waals surface area (Å²) in [5.74, 6) is -0.0596. The van der Waals surface area contributed by atoms with E-state index in [2.05, 4.69) is 16.9 Å². The third kappa shape index (κ3) is 2.69. The summed E-state index contributed by atoms with van der Waals surface area (Å²) in [4.78, 5) is 15.9. The molecular weight excluding hydrogens is 212 g/mol. The van der Waals surface area contributed by atoms with E-state index >= 15 is 0 Å². The van der Waals surface area contributed by atoms with Crippen LogP contribution in [0.25, 0.3) is 10.9 Å². The summed E-state index contributed by atoms with van der Waals surface area (Å²) in [6.07, 6.45) is 2.06. The topological polar surface area (TPSA) is 42.0 Å². The molecule has 0 radical (unpaired) electrons. The van der Waals surface area contributed by atoms with Crippen LogP contribution in [0.2, 0.25) is 0 Å². The van der Waals surface area contributed by atoms with Gasteiger partial charge in [-0.05, 0) is 19.1 Å². The van der Waals surface area contributed by atoms with Crippen LogP contribution in [-0.4, -0.2) is 10.9 Å². The number of carbonyl (C=O) groups is 1. The predicted molar refractivity (Wildman–Crippen MR) is 69.8 cm³/mol. The average molecular weight is 226 g/mol. The molecule has 3 nitrogen and oxygen atoms in total. The minimum absolute atomic E-state index is 0.0596. The second-order valence-electron chi connectivity index (χ2n) is 4.06. The Morgan fingerprint density at radius 3 is 2.88 bits per heavy atom. The number of nitrogens with zero attached hydrogens (tertiary/aromatic N) is 1. The highest BCUT2D eigenvalue weighted by molar-refractivity contribution is 6.00. The monoisotopic (exact) mass is 226 g/mol. The van der Waals surface area contributed by atoms with Gasteiger partial charge in [-0.1, -0.05) is 30.4 Å². The van der Waals surface area contributed by atoms with Crippen molar-refractivity contribution in [3.05, 3.63) is 48.7 Å². The molecule has 0 saturated carbocycles. The van der Waals surface area contributed by atoms with E-state index in [0.717, 1.165) is 22.2 Å². The van der Waals surface area contributed by atoms with Gasteiger partial charge in [0, 0.05) is 18.0 Å². The van der Waals surface area contributed by atoms with E-state index in [9.17, 15) is 4.79 Å². The van der Waals surface area contributed by atoms with E-state index in [4.69, 9.17) is 0 Å². The van der Waals surface area contributed by atoms with E-state index in [0.29, 0.717) is 6.42 Å². The smallest absolute Gasteiger partial charge is 0.228 e. The number of pyridine rings is 1. The van der Waals surface area contributed by atoms with Crippen LogP contribution in [0.1, 0.15) is 13.3 Å². The normalized spacial score (nSPS) is 10.2. The molecule has 0 fully saturated rings. The maximum Gasteiger partial charge on any atom is 0.228 e. The molecule has 1 aromatic heterocycles. The lowest BCUT2D eigenvalue weighted by Gasteiger charge is -2.07. The average Bonchev–Trinajstić information content (AvgIpc) is 2.28. The van der Waals surface area contributed by atoms with Crippen molar-refractivity contribution >= 4 is 22.5 Å². The number of para-hydroxylation sites is 1. The highest BCUT2D eigenvalue weighted by Gasteiger charge is 2.06. The van der Waals surface area contributed by atoms with Crippen LogP contribution in [-0.2, 0) is 4.79 Å². The molecule has 1 amide bonds. The Balaban J connectivity index is 2.30. The van der Waals surface area contributed by atoms with E-state index in [-0.39, 0.29) is 5.91 Å². The molecule has 1 heterocycles. The second kappa shape index (κ2) is 4.78. The summed E-state index contributed by atoms with van der Waals surface area (Å²) in [7, 11) is 0. The van der Waals surface area contributed by atoms with Gasteiger partial charge in [-0.25, -0.2) is 0 Å². The molecule has 17 heavy (non-hydrogen) atoms. The molecular formula is C14H14N2O. The molecule has 0 atom stereocenters. The molecule has 0 saturated heterocycles. The van der Waals surface area contributed by atoms with E-state index < -0.39 is 0 Å². The van der Waals surface area contributed by atoms with Gasteiger partial charge in [-0.3, -0.25) is 9.78 Å². The predicted octanol–water partition coefficient (Wildman–Crippen LogP) is 3.14. The first-order chi connectivity index (χ1) is 8.16. The molecule has 2 aromatic rings. The van der Waals surface area contributed by atoms with E-state index in [1.54, 1.807) is 6.20 Å². The van der Waals surface area contributed by atoms with Gasteiger partial charge in [0.25, 0.3) is 0 Å². The van der Waals surface area contributed by atoms with E-state index in [1.807, 2.05) is 37.3 Å². The number of fused-ring (bicyclic) bond motifs is 1. The van der Waals surface area contributed by atoms with Gasteiger partial charge >= 0.3 is 0 Å². The SMILES string of the molecule is C=C(C)CC(=O)Nc1cccc2cccnc12. The van der Waals surface area contributed by atoms with Crippen LogP contribution in [0.15, 0.2) is 48.7 Å². The van der Waals surface area contributed by atoms with Gasteiger partial charge in [0.05, 0.1) is 11.2 Å². The second-order valence-corrected chi connectivity index (χ2v) is 4.06. The Kier molecular flexibility index (Phi) is 3.19. The first-order valence-electron chi connectivity index (χ1n) is 5.45. The third-order valence-corrected chi connectivity index (χ3v) is 2.37. The Morgan fingerprint density at radius 2 is 2.12 bits per heavy atom. The number of hydrogen-bond donors (Lipinski definition) is 1. The van der Waals surface area contributed by atoms with Crippen molar-refractivity contribution in [1.82, 2.24) is 4.98 Å². The summed E-state index contributed by atoms with van der Waals surface area (Å²) < 4.78 is 0. The van der Waals surface area contributed by atoms with Gasteiger partial charge in [-0.15, -0.1) is 0 Å². The first kappa shape index (κ1) is 11.3. The molecule has 0 unspecified atom stereocenters.